The lowest BCUT2D eigenvalue weighted by Gasteiger charge is -2.08. The number of carbonyl (C=O) groups is 1. The highest BCUT2D eigenvalue weighted by atomic mass is 32.1. The number of carboxylic acids is 1. The van der Waals surface area contributed by atoms with Crippen LogP contribution in [-0.4, -0.2) is 17.0 Å². The molecular weight excluding hydrogens is 198 g/mol. The molecular formula is C8H8F2O2S. The molecule has 0 bridgehead atoms. The van der Waals surface area contributed by atoms with Gasteiger partial charge in [0.2, 0.25) is 0 Å². The number of aryl methyl sites for hydroxylation is 1. The van der Waals surface area contributed by atoms with Crippen LogP contribution in [0.15, 0.2) is 11.4 Å². The van der Waals surface area contributed by atoms with Crippen LogP contribution >= 0.6 is 11.3 Å². The van der Waals surface area contributed by atoms with Crippen LogP contribution in [0.2, 0.25) is 0 Å². The van der Waals surface area contributed by atoms with E-state index in [4.69, 9.17) is 5.11 Å². The zero-order valence-electron chi connectivity index (χ0n) is 6.88. The molecule has 5 heteroatoms. The summed E-state index contributed by atoms with van der Waals surface area (Å²) >= 11 is 1.33. The van der Waals surface area contributed by atoms with Crippen LogP contribution < -0.4 is 0 Å². The molecule has 0 atom stereocenters. The van der Waals surface area contributed by atoms with Crippen LogP contribution in [0.4, 0.5) is 8.78 Å². The van der Waals surface area contributed by atoms with Crippen LogP contribution in [0.25, 0.3) is 0 Å². The maximum atomic E-state index is 12.6. The van der Waals surface area contributed by atoms with E-state index in [0.717, 1.165) is 4.88 Å². The van der Waals surface area contributed by atoms with E-state index < -0.39 is 18.3 Å². The van der Waals surface area contributed by atoms with Gasteiger partial charge >= 0.3 is 11.9 Å². The molecule has 0 saturated heterocycles. The Hall–Kier alpha value is -0.970. The first-order chi connectivity index (χ1) is 5.92. The third-order valence-electron chi connectivity index (χ3n) is 1.52. The van der Waals surface area contributed by atoms with Crippen molar-refractivity contribution in [1.82, 2.24) is 0 Å². The van der Waals surface area contributed by atoms with Crippen molar-refractivity contribution in [2.75, 3.05) is 0 Å². The first-order valence-electron chi connectivity index (χ1n) is 3.57. The largest absolute Gasteiger partial charge is 0.477 e. The van der Waals surface area contributed by atoms with E-state index in [9.17, 15) is 13.6 Å². The Morgan fingerprint density at radius 3 is 2.69 bits per heavy atom. The number of rotatable bonds is 3. The quantitative estimate of drug-likeness (QED) is 0.824. The van der Waals surface area contributed by atoms with Gasteiger partial charge in [-0.25, -0.2) is 4.79 Å². The lowest BCUT2D eigenvalue weighted by Crippen LogP contribution is -2.30. The minimum absolute atomic E-state index is 0.370. The molecule has 0 aliphatic rings. The van der Waals surface area contributed by atoms with Crippen molar-refractivity contribution in [3.05, 3.63) is 21.9 Å². The van der Waals surface area contributed by atoms with Crippen LogP contribution in [0.3, 0.4) is 0 Å². The van der Waals surface area contributed by atoms with E-state index in [1.807, 2.05) is 0 Å². The van der Waals surface area contributed by atoms with Gasteiger partial charge in [0.1, 0.15) is 0 Å². The van der Waals surface area contributed by atoms with Crippen molar-refractivity contribution in [1.29, 1.82) is 0 Å². The molecule has 0 radical (unpaired) electrons. The Balaban J connectivity index is 2.74. The number of alkyl halides is 2. The average molecular weight is 206 g/mol. The minimum atomic E-state index is -3.66. The fourth-order valence-electron chi connectivity index (χ4n) is 0.922. The number of halogens is 2. The molecule has 72 valence electrons. The molecule has 2 nitrogen and oxygen atoms in total. The van der Waals surface area contributed by atoms with E-state index in [2.05, 4.69) is 0 Å². The molecule has 0 amide bonds. The maximum Gasteiger partial charge on any atom is 0.374 e. The highest BCUT2D eigenvalue weighted by Crippen LogP contribution is 2.23. The van der Waals surface area contributed by atoms with E-state index in [1.54, 1.807) is 18.4 Å². The van der Waals surface area contributed by atoms with Crippen LogP contribution in [-0.2, 0) is 11.2 Å². The third-order valence-corrected chi connectivity index (χ3v) is 2.43. The summed E-state index contributed by atoms with van der Waals surface area (Å²) in [5.41, 5.74) is 0.370. The predicted molar refractivity (Wildman–Crippen MR) is 45.3 cm³/mol. The van der Waals surface area contributed by atoms with Crippen LogP contribution in [0.1, 0.15) is 10.4 Å². The van der Waals surface area contributed by atoms with Crippen molar-refractivity contribution in [3.63, 3.8) is 0 Å². The summed E-state index contributed by atoms with van der Waals surface area (Å²) in [6, 6.07) is 1.57. The summed E-state index contributed by atoms with van der Waals surface area (Å²) < 4.78 is 25.3. The Labute approximate surface area is 77.8 Å². The molecule has 1 aromatic heterocycles. The summed E-state index contributed by atoms with van der Waals surface area (Å²) in [5, 5.41) is 9.71. The van der Waals surface area contributed by atoms with Gasteiger partial charge in [-0.15, -0.1) is 11.3 Å². The predicted octanol–water partition coefficient (Wildman–Crippen LogP) is 2.32. The average Bonchev–Trinajstić information content (AvgIpc) is 2.34. The summed E-state index contributed by atoms with van der Waals surface area (Å²) in [4.78, 5) is 11.0. The molecule has 1 heterocycles. The topological polar surface area (TPSA) is 37.3 Å². The second-order valence-corrected chi connectivity index (χ2v) is 3.87. The van der Waals surface area contributed by atoms with Crippen LogP contribution in [0.5, 0.6) is 0 Å². The lowest BCUT2D eigenvalue weighted by atomic mass is 10.1. The zero-order chi connectivity index (χ0) is 10.1. The van der Waals surface area contributed by atoms with Gasteiger partial charge in [-0.05, 0) is 23.9 Å². The van der Waals surface area contributed by atoms with Gasteiger partial charge in [0, 0.05) is 11.3 Å². The normalized spacial score (nSPS) is 11.6. The van der Waals surface area contributed by atoms with Crippen molar-refractivity contribution in [3.8, 4) is 0 Å². The highest BCUT2D eigenvalue weighted by molar-refractivity contribution is 7.10. The molecule has 0 spiro atoms. The van der Waals surface area contributed by atoms with Crippen molar-refractivity contribution >= 4 is 17.3 Å². The van der Waals surface area contributed by atoms with Crippen molar-refractivity contribution in [2.45, 2.75) is 19.3 Å². The molecule has 1 rings (SSSR count). The van der Waals surface area contributed by atoms with Gasteiger partial charge in [-0.1, -0.05) is 0 Å². The minimum Gasteiger partial charge on any atom is -0.477 e. The Morgan fingerprint density at radius 2 is 2.31 bits per heavy atom. The summed E-state index contributed by atoms with van der Waals surface area (Å²) in [6.07, 6.45) is -0.729. The van der Waals surface area contributed by atoms with E-state index in [0.29, 0.717) is 5.56 Å². The smallest absolute Gasteiger partial charge is 0.374 e. The van der Waals surface area contributed by atoms with Gasteiger partial charge < -0.3 is 5.11 Å². The SMILES string of the molecule is Cc1cc(CC(F)(F)C(=O)O)cs1. The molecule has 13 heavy (non-hydrogen) atoms. The second kappa shape index (κ2) is 3.41. The van der Waals surface area contributed by atoms with Gasteiger partial charge in [0.25, 0.3) is 0 Å². The molecule has 1 aromatic rings. The van der Waals surface area contributed by atoms with Gasteiger partial charge in [-0.3, -0.25) is 0 Å². The maximum absolute atomic E-state index is 12.6. The number of thiophene rings is 1. The standard InChI is InChI=1S/C8H8F2O2S/c1-5-2-6(4-13-5)3-8(9,10)7(11)12/h2,4H,3H2,1H3,(H,11,12). The first kappa shape index (κ1) is 10.1. The summed E-state index contributed by atoms with van der Waals surface area (Å²) in [7, 11) is 0. The molecule has 1 N–H and O–H groups in total. The highest BCUT2D eigenvalue weighted by Gasteiger charge is 2.38. The summed E-state index contributed by atoms with van der Waals surface area (Å²) in [5.74, 6) is -5.73. The van der Waals surface area contributed by atoms with Gasteiger partial charge in [0.15, 0.2) is 0 Å². The van der Waals surface area contributed by atoms with E-state index in [-0.39, 0.29) is 0 Å². The Kier molecular flexibility index (Phi) is 2.66. The van der Waals surface area contributed by atoms with Crippen molar-refractivity contribution in [2.24, 2.45) is 0 Å². The fourth-order valence-corrected chi connectivity index (χ4v) is 1.63. The number of aliphatic carboxylic acids is 1. The molecule has 0 fully saturated rings. The molecule has 0 aliphatic carbocycles. The van der Waals surface area contributed by atoms with E-state index in [1.165, 1.54) is 11.3 Å². The number of hydrogen-bond donors (Lipinski definition) is 1. The fraction of sp³-hybridized carbons (Fsp3) is 0.375. The second-order valence-electron chi connectivity index (χ2n) is 2.75. The molecule has 0 saturated carbocycles. The third kappa shape index (κ3) is 2.48. The molecule has 0 aliphatic heterocycles. The lowest BCUT2D eigenvalue weighted by molar-refractivity contribution is -0.164. The van der Waals surface area contributed by atoms with Crippen molar-refractivity contribution < 1.29 is 18.7 Å². The summed E-state index contributed by atoms with van der Waals surface area (Å²) in [6.45, 7) is 1.78. The molecule has 0 unspecified atom stereocenters. The molecule has 0 aromatic carbocycles. The van der Waals surface area contributed by atoms with E-state index >= 15 is 0 Å². The van der Waals surface area contributed by atoms with Crippen LogP contribution in [0, 0.1) is 6.92 Å². The Bertz CT molecular complexity index is 320. The van der Waals surface area contributed by atoms with Gasteiger partial charge in [-0.2, -0.15) is 8.78 Å². The number of carboxylic acid groups (broad SMARTS) is 1. The number of hydrogen-bond acceptors (Lipinski definition) is 2. The first-order valence-corrected chi connectivity index (χ1v) is 4.45. The monoisotopic (exact) mass is 206 g/mol. The zero-order valence-corrected chi connectivity index (χ0v) is 7.70. The van der Waals surface area contributed by atoms with Gasteiger partial charge in [0.05, 0.1) is 0 Å². The Morgan fingerprint density at radius 1 is 1.69 bits per heavy atom.